The molecule has 2 N–H and O–H groups in total. The zero-order valence-electron chi connectivity index (χ0n) is 11.9. The van der Waals surface area contributed by atoms with Crippen LogP contribution in [0.15, 0.2) is 30.5 Å². The summed E-state index contributed by atoms with van der Waals surface area (Å²) in [5.41, 5.74) is 0.944. The number of carboxylic acids is 1. The highest BCUT2D eigenvalue weighted by molar-refractivity contribution is 6.34. The van der Waals surface area contributed by atoms with Gasteiger partial charge in [0, 0.05) is 28.2 Å². The molecule has 0 saturated heterocycles. The van der Waals surface area contributed by atoms with E-state index in [-0.39, 0.29) is 24.3 Å². The summed E-state index contributed by atoms with van der Waals surface area (Å²) < 4.78 is 1.25. The molecule has 0 aliphatic heterocycles. The van der Waals surface area contributed by atoms with Crippen LogP contribution in [0.5, 0.6) is 0 Å². The zero-order valence-corrected chi connectivity index (χ0v) is 13.4. The number of carbonyl (C=O) groups excluding carboxylic acids is 1. The molecule has 120 valence electrons. The average molecular weight is 354 g/mol. The van der Waals surface area contributed by atoms with Crippen molar-refractivity contribution in [3.63, 3.8) is 0 Å². The molecule has 2 unspecified atom stereocenters. The fraction of sp³-hybridized carbons (Fsp3) is 0.267. The molecule has 1 saturated carbocycles. The van der Waals surface area contributed by atoms with E-state index in [0.29, 0.717) is 15.9 Å². The van der Waals surface area contributed by atoms with Gasteiger partial charge < -0.3 is 10.4 Å². The number of anilines is 1. The fourth-order valence-corrected chi connectivity index (χ4v) is 3.06. The minimum absolute atomic E-state index is 0.0901. The number of carbonyl (C=O) groups is 2. The second-order valence-corrected chi connectivity index (χ2v) is 6.31. The van der Waals surface area contributed by atoms with Crippen LogP contribution in [0.25, 0.3) is 0 Å². The molecular formula is C15H13Cl2N3O3. The van der Waals surface area contributed by atoms with Gasteiger partial charge >= 0.3 is 5.97 Å². The largest absolute Gasteiger partial charge is 0.480 e. The van der Waals surface area contributed by atoms with Crippen molar-refractivity contribution in [3.05, 3.63) is 46.1 Å². The van der Waals surface area contributed by atoms with Gasteiger partial charge in [0.1, 0.15) is 6.54 Å². The Hall–Kier alpha value is -2.05. The molecule has 8 heteroatoms. The molecule has 1 aliphatic rings. The summed E-state index contributed by atoms with van der Waals surface area (Å²) >= 11 is 12.0. The Bertz CT molecular complexity index is 755. The number of carboxylic acid groups (broad SMARTS) is 1. The van der Waals surface area contributed by atoms with E-state index >= 15 is 0 Å². The van der Waals surface area contributed by atoms with E-state index in [9.17, 15) is 9.59 Å². The first kappa shape index (κ1) is 15.8. The molecule has 1 aromatic carbocycles. The van der Waals surface area contributed by atoms with Crippen molar-refractivity contribution in [1.29, 1.82) is 0 Å². The fourth-order valence-electron chi connectivity index (χ4n) is 2.52. The molecule has 0 bridgehead atoms. The first-order valence-corrected chi connectivity index (χ1v) is 7.70. The third-order valence-corrected chi connectivity index (χ3v) is 4.07. The predicted molar refractivity (Wildman–Crippen MR) is 85.8 cm³/mol. The van der Waals surface area contributed by atoms with Crippen molar-refractivity contribution in [2.75, 3.05) is 5.32 Å². The molecule has 3 rings (SSSR count). The number of aromatic nitrogens is 2. The first-order chi connectivity index (χ1) is 10.9. The zero-order chi connectivity index (χ0) is 16.6. The smallest absolute Gasteiger partial charge is 0.325 e. The van der Waals surface area contributed by atoms with Crippen LogP contribution in [0.3, 0.4) is 0 Å². The van der Waals surface area contributed by atoms with Crippen molar-refractivity contribution in [1.82, 2.24) is 9.78 Å². The lowest BCUT2D eigenvalue weighted by Crippen LogP contribution is -2.16. The lowest BCUT2D eigenvalue weighted by Gasteiger charge is -2.03. The van der Waals surface area contributed by atoms with E-state index in [0.717, 1.165) is 12.0 Å². The summed E-state index contributed by atoms with van der Waals surface area (Å²) in [5, 5.41) is 16.5. The van der Waals surface area contributed by atoms with E-state index in [2.05, 4.69) is 10.4 Å². The number of rotatable bonds is 5. The molecule has 1 heterocycles. The molecular weight excluding hydrogens is 341 g/mol. The number of aliphatic carboxylic acids is 1. The molecule has 0 spiro atoms. The quantitative estimate of drug-likeness (QED) is 0.865. The van der Waals surface area contributed by atoms with E-state index in [1.165, 1.54) is 10.9 Å². The summed E-state index contributed by atoms with van der Waals surface area (Å²) in [6, 6.07) is 6.84. The minimum atomic E-state index is -0.994. The highest BCUT2D eigenvalue weighted by atomic mass is 35.5. The molecule has 0 radical (unpaired) electrons. The van der Waals surface area contributed by atoms with Crippen molar-refractivity contribution in [2.24, 2.45) is 5.92 Å². The average Bonchev–Trinajstić information content (AvgIpc) is 3.14. The maximum atomic E-state index is 12.2. The third-order valence-electron chi connectivity index (χ3n) is 3.63. The van der Waals surface area contributed by atoms with Gasteiger partial charge in [0.15, 0.2) is 5.82 Å². The van der Waals surface area contributed by atoms with E-state index in [1.54, 1.807) is 12.1 Å². The van der Waals surface area contributed by atoms with Gasteiger partial charge in [-0.2, -0.15) is 5.10 Å². The second-order valence-electron chi connectivity index (χ2n) is 5.43. The number of amides is 1. The van der Waals surface area contributed by atoms with Crippen LogP contribution < -0.4 is 5.32 Å². The maximum absolute atomic E-state index is 12.2. The van der Waals surface area contributed by atoms with E-state index < -0.39 is 5.97 Å². The van der Waals surface area contributed by atoms with Gasteiger partial charge in [-0.1, -0.05) is 23.2 Å². The van der Waals surface area contributed by atoms with Crippen LogP contribution in [0, 0.1) is 5.92 Å². The van der Waals surface area contributed by atoms with Gasteiger partial charge in [0.05, 0.1) is 0 Å². The van der Waals surface area contributed by atoms with E-state index in [4.69, 9.17) is 28.3 Å². The van der Waals surface area contributed by atoms with Crippen molar-refractivity contribution >= 4 is 40.9 Å². The Kier molecular flexibility index (Phi) is 4.28. The Balaban J connectivity index is 1.62. The van der Waals surface area contributed by atoms with Gasteiger partial charge in [-0.05, 0) is 36.1 Å². The first-order valence-electron chi connectivity index (χ1n) is 6.94. The summed E-state index contributed by atoms with van der Waals surface area (Å²) in [6.45, 7) is -0.247. The summed E-state index contributed by atoms with van der Waals surface area (Å²) in [6.07, 6.45) is 2.23. The van der Waals surface area contributed by atoms with Crippen LogP contribution >= 0.6 is 23.2 Å². The molecule has 2 aromatic rings. The SMILES string of the molecule is O=C(O)Cn1ccc(NC(=O)C2CC2c2cc(Cl)cc(Cl)c2)n1. The molecule has 23 heavy (non-hydrogen) atoms. The van der Waals surface area contributed by atoms with Crippen LogP contribution in [0.4, 0.5) is 5.82 Å². The second kappa shape index (κ2) is 6.22. The molecule has 1 amide bonds. The Morgan fingerprint density at radius 2 is 2.00 bits per heavy atom. The van der Waals surface area contributed by atoms with Crippen LogP contribution in [0.1, 0.15) is 17.9 Å². The molecule has 6 nitrogen and oxygen atoms in total. The lowest BCUT2D eigenvalue weighted by molar-refractivity contribution is -0.137. The van der Waals surface area contributed by atoms with Gasteiger partial charge in [-0.25, -0.2) is 0 Å². The third kappa shape index (κ3) is 3.83. The summed E-state index contributed by atoms with van der Waals surface area (Å²) in [4.78, 5) is 22.8. The number of halogens is 2. The number of nitrogens with one attached hydrogen (secondary N) is 1. The molecule has 2 atom stereocenters. The van der Waals surface area contributed by atoms with Gasteiger partial charge in [0.2, 0.25) is 5.91 Å². The molecule has 1 aromatic heterocycles. The van der Waals surface area contributed by atoms with Crippen LogP contribution in [-0.2, 0) is 16.1 Å². The normalized spacial score (nSPS) is 19.4. The maximum Gasteiger partial charge on any atom is 0.325 e. The summed E-state index contributed by atoms with van der Waals surface area (Å²) in [7, 11) is 0. The summed E-state index contributed by atoms with van der Waals surface area (Å²) in [5.74, 6) is -0.870. The van der Waals surface area contributed by atoms with Gasteiger partial charge in [0.25, 0.3) is 0 Å². The van der Waals surface area contributed by atoms with Crippen molar-refractivity contribution < 1.29 is 14.7 Å². The number of hydrogen-bond acceptors (Lipinski definition) is 3. The number of hydrogen-bond donors (Lipinski definition) is 2. The topological polar surface area (TPSA) is 84.2 Å². The minimum Gasteiger partial charge on any atom is -0.480 e. The van der Waals surface area contributed by atoms with Crippen molar-refractivity contribution in [2.45, 2.75) is 18.9 Å². The highest BCUT2D eigenvalue weighted by Gasteiger charge is 2.44. The Morgan fingerprint density at radius 1 is 1.30 bits per heavy atom. The van der Waals surface area contributed by atoms with Crippen LogP contribution in [0.2, 0.25) is 10.0 Å². The molecule has 1 aliphatic carbocycles. The number of benzene rings is 1. The van der Waals surface area contributed by atoms with Gasteiger partial charge in [-0.15, -0.1) is 0 Å². The highest BCUT2D eigenvalue weighted by Crippen LogP contribution is 2.49. The van der Waals surface area contributed by atoms with Gasteiger partial charge in [-0.3, -0.25) is 14.3 Å². The van der Waals surface area contributed by atoms with Crippen molar-refractivity contribution in [3.8, 4) is 0 Å². The Morgan fingerprint density at radius 3 is 2.65 bits per heavy atom. The monoisotopic (exact) mass is 353 g/mol. The standard InChI is InChI=1S/C15H13Cl2N3O3/c16-9-3-8(4-10(17)5-9)11-6-12(11)15(23)18-13-1-2-20(19-13)7-14(21)22/h1-5,11-12H,6-7H2,(H,21,22)(H,18,19,23). The van der Waals surface area contributed by atoms with Crippen LogP contribution in [-0.4, -0.2) is 26.8 Å². The van der Waals surface area contributed by atoms with E-state index in [1.807, 2.05) is 12.1 Å². The molecule has 1 fully saturated rings. The lowest BCUT2D eigenvalue weighted by atomic mass is 10.1. The predicted octanol–water partition coefficient (Wildman–Crippen LogP) is 3.02. The Labute approximate surface area is 142 Å². The number of nitrogens with zero attached hydrogens (tertiary/aromatic N) is 2.